The fourth-order valence-corrected chi connectivity index (χ4v) is 6.08. The molecule has 2 aliphatic heterocycles. The van der Waals surface area contributed by atoms with Crippen LogP contribution in [0.5, 0.6) is 0 Å². The van der Waals surface area contributed by atoms with Crippen LogP contribution in [0.2, 0.25) is 0 Å². The predicted molar refractivity (Wildman–Crippen MR) is 104 cm³/mol. The largest absolute Gasteiger partial charge is 0.481 e. The highest BCUT2D eigenvalue weighted by molar-refractivity contribution is 5.77. The molecular weight excluding hydrogens is 342 g/mol. The van der Waals surface area contributed by atoms with Gasteiger partial charge in [-0.3, -0.25) is 4.79 Å². The third kappa shape index (κ3) is 4.10. The Bertz CT molecular complexity index is 533. The maximum atomic E-state index is 13.0. The average molecular weight is 378 g/mol. The third-order valence-corrected chi connectivity index (χ3v) is 7.79. The van der Waals surface area contributed by atoms with E-state index in [0.29, 0.717) is 18.9 Å². The van der Waals surface area contributed by atoms with Gasteiger partial charge in [-0.1, -0.05) is 0 Å². The van der Waals surface area contributed by atoms with Crippen molar-refractivity contribution < 1.29 is 14.7 Å². The monoisotopic (exact) mass is 377 g/mol. The van der Waals surface area contributed by atoms with E-state index in [0.717, 1.165) is 37.8 Å². The van der Waals surface area contributed by atoms with Crippen LogP contribution in [0.4, 0.5) is 4.79 Å². The number of amides is 2. The number of hydrogen-bond donors (Lipinski definition) is 2. The Hall–Kier alpha value is -1.30. The maximum absolute atomic E-state index is 13.0. The summed E-state index contributed by atoms with van der Waals surface area (Å²) in [6.45, 7) is 4.04. The van der Waals surface area contributed by atoms with E-state index in [1.807, 2.05) is 0 Å². The van der Waals surface area contributed by atoms with E-state index < -0.39 is 5.97 Å². The van der Waals surface area contributed by atoms with Crippen molar-refractivity contribution in [1.82, 2.24) is 15.1 Å². The van der Waals surface area contributed by atoms with Crippen LogP contribution in [-0.4, -0.2) is 65.2 Å². The molecule has 4 rings (SSSR count). The zero-order valence-corrected chi connectivity index (χ0v) is 16.4. The topological polar surface area (TPSA) is 72.9 Å². The van der Waals surface area contributed by atoms with Gasteiger partial charge in [0, 0.05) is 25.2 Å². The van der Waals surface area contributed by atoms with E-state index in [1.165, 1.54) is 51.6 Å². The number of nitrogens with one attached hydrogen (secondary N) is 1. The summed E-state index contributed by atoms with van der Waals surface area (Å²) >= 11 is 0. The van der Waals surface area contributed by atoms with Gasteiger partial charge in [-0.25, -0.2) is 4.79 Å². The maximum Gasteiger partial charge on any atom is 0.320 e. The quantitative estimate of drug-likeness (QED) is 0.790. The molecule has 0 atom stereocenters. The first kappa shape index (κ1) is 19.0. The average Bonchev–Trinajstić information content (AvgIpc) is 3.10. The molecule has 27 heavy (non-hydrogen) atoms. The van der Waals surface area contributed by atoms with E-state index in [9.17, 15) is 14.7 Å². The second-order valence-corrected chi connectivity index (χ2v) is 9.17. The van der Waals surface area contributed by atoms with Crippen molar-refractivity contribution in [2.45, 2.75) is 76.3 Å². The molecule has 0 unspecified atom stereocenters. The first-order chi connectivity index (χ1) is 13.1. The highest BCUT2D eigenvalue weighted by atomic mass is 16.4. The van der Waals surface area contributed by atoms with E-state index in [1.54, 1.807) is 0 Å². The van der Waals surface area contributed by atoms with E-state index >= 15 is 0 Å². The lowest BCUT2D eigenvalue weighted by atomic mass is 9.74. The Balaban J connectivity index is 1.26. The van der Waals surface area contributed by atoms with E-state index in [2.05, 4.69) is 15.1 Å². The Morgan fingerprint density at radius 3 is 1.78 bits per heavy atom. The molecule has 2 saturated carbocycles. The van der Waals surface area contributed by atoms with Crippen molar-refractivity contribution in [2.24, 2.45) is 17.8 Å². The molecule has 4 aliphatic rings. The van der Waals surface area contributed by atoms with Gasteiger partial charge in [0.2, 0.25) is 0 Å². The second-order valence-electron chi connectivity index (χ2n) is 9.17. The minimum Gasteiger partial charge on any atom is -0.481 e. The molecule has 6 heteroatoms. The molecular formula is C21H35N3O3. The van der Waals surface area contributed by atoms with Gasteiger partial charge in [0.15, 0.2) is 0 Å². The van der Waals surface area contributed by atoms with Crippen molar-refractivity contribution in [3.8, 4) is 0 Å². The number of piperidine rings is 1. The molecule has 2 amide bonds. The number of aliphatic carboxylic acids is 1. The van der Waals surface area contributed by atoms with Crippen LogP contribution in [0.3, 0.4) is 0 Å². The Labute approximate surface area is 162 Å². The molecule has 2 aliphatic carbocycles. The molecule has 2 heterocycles. The minimum absolute atomic E-state index is 0.208. The lowest BCUT2D eigenvalue weighted by molar-refractivity contribution is -0.143. The second kappa shape index (κ2) is 8.38. The Kier molecular flexibility index (Phi) is 5.90. The van der Waals surface area contributed by atoms with Crippen LogP contribution < -0.4 is 5.32 Å². The fourth-order valence-electron chi connectivity index (χ4n) is 6.08. The van der Waals surface area contributed by atoms with Crippen LogP contribution in [0, 0.1) is 17.8 Å². The predicted octanol–water partition coefficient (Wildman–Crippen LogP) is 2.93. The molecule has 0 aromatic heterocycles. The number of carboxylic acids is 1. The zero-order chi connectivity index (χ0) is 18.8. The van der Waals surface area contributed by atoms with Crippen LogP contribution in [0.15, 0.2) is 0 Å². The summed E-state index contributed by atoms with van der Waals surface area (Å²) in [6, 6.07) is 0.902. The van der Waals surface area contributed by atoms with Gasteiger partial charge < -0.3 is 20.2 Å². The van der Waals surface area contributed by atoms with Crippen molar-refractivity contribution in [3.05, 3.63) is 0 Å². The molecule has 0 aromatic rings. The minimum atomic E-state index is -0.673. The number of hydrogen-bond acceptors (Lipinski definition) is 3. The molecule has 2 N–H and O–H groups in total. The highest BCUT2D eigenvalue weighted by Crippen LogP contribution is 2.38. The number of nitrogens with zero attached hydrogens (tertiary/aromatic N) is 2. The van der Waals surface area contributed by atoms with Gasteiger partial charge in [0.05, 0.1) is 5.92 Å². The van der Waals surface area contributed by atoms with Crippen LogP contribution >= 0.6 is 0 Å². The molecule has 152 valence electrons. The van der Waals surface area contributed by atoms with Gasteiger partial charge in [0.1, 0.15) is 0 Å². The molecule has 6 nitrogen and oxygen atoms in total. The molecule has 4 fully saturated rings. The van der Waals surface area contributed by atoms with Gasteiger partial charge in [0.25, 0.3) is 0 Å². The molecule has 0 aromatic carbocycles. The van der Waals surface area contributed by atoms with Crippen LogP contribution in [-0.2, 0) is 4.79 Å². The van der Waals surface area contributed by atoms with Gasteiger partial charge in [-0.2, -0.15) is 0 Å². The van der Waals surface area contributed by atoms with Gasteiger partial charge in [-0.15, -0.1) is 0 Å². The summed E-state index contributed by atoms with van der Waals surface area (Å²) in [5.41, 5.74) is 0. The first-order valence-corrected chi connectivity index (χ1v) is 11.1. The summed E-state index contributed by atoms with van der Waals surface area (Å²) in [7, 11) is 0. The Morgan fingerprint density at radius 1 is 0.778 bits per heavy atom. The number of rotatable bonds is 4. The van der Waals surface area contributed by atoms with Crippen molar-refractivity contribution in [3.63, 3.8) is 0 Å². The van der Waals surface area contributed by atoms with Gasteiger partial charge in [-0.05, 0) is 89.1 Å². The molecule has 0 radical (unpaired) electrons. The summed E-state index contributed by atoms with van der Waals surface area (Å²) in [5, 5.41) is 12.6. The summed E-state index contributed by atoms with van der Waals surface area (Å²) in [4.78, 5) is 28.4. The SMILES string of the molecule is O=C(O)C1CCC(N2CCN([C@H]3CC[C@H](C4CCNCC4)CC3)C2=O)CC1. The lowest BCUT2D eigenvalue weighted by Crippen LogP contribution is -2.45. The zero-order valence-electron chi connectivity index (χ0n) is 16.4. The van der Waals surface area contributed by atoms with Crippen LogP contribution in [0.25, 0.3) is 0 Å². The van der Waals surface area contributed by atoms with Crippen molar-refractivity contribution in [1.29, 1.82) is 0 Å². The summed E-state index contributed by atoms with van der Waals surface area (Å²) in [5.74, 6) is 0.875. The summed E-state index contributed by atoms with van der Waals surface area (Å²) < 4.78 is 0. The van der Waals surface area contributed by atoms with Crippen molar-refractivity contribution in [2.75, 3.05) is 26.2 Å². The first-order valence-electron chi connectivity index (χ1n) is 11.1. The Morgan fingerprint density at radius 2 is 1.26 bits per heavy atom. The molecule has 0 spiro atoms. The van der Waals surface area contributed by atoms with E-state index in [-0.39, 0.29) is 18.0 Å². The number of carbonyl (C=O) groups is 2. The van der Waals surface area contributed by atoms with Crippen LogP contribution in [0.1, 0.15) is 64.2 Å². The smallest absolute Gasteiger partial charge is 0.320 e. The fraction of sp³-hybridized carbons (Fsp3) is 0.905. The number of carboxylic acid groups (broad SMARTS) is 1. The summed E-state index contributed by atoms with van der Waals surface area (Å²) in [6.07, 6.45) is 10.7. The number of urea groups is 1. The third-order valence-electron chi connectivity index (χ3n) is 7.79. The molecule has 0 bridgehead atoms. The van der Waals surface area contributed by atoms with E-state index in [4.69, 9.17) is 0 Å². The standard InChI is InChI=1S/C21H35N3O3/c25-20(26)17-3-7-19(8-4-17)24-14-13-23(21(24)27)18-5-1-15(2-6-18)16-9-11-22-12-10-16/h15-19,22H,1-14H2,(H,25,26)/t15-,17?,18-,19?. The number of carbonyl (C=O) groups excluding carboxylic acids is 1. The molecule has 2 saturated heterocycles. The lowest BCUT2D eigenvalue weighted by Gasteiger charge is -2.39. The highest BCUT2D eigenvalue weighted by Gasteiger charge is 2.40. The van der Waals surface area contributed by atoms with Gasteiger partial charge >= 0.3 is 12.0 Å². The normalized spacial score (nSPS) is 36.2. The van der Waals surface area contributed by atoms with Crippen molar-refractivity contribution >= 4 is 12.0 Å².